The maximum absolute atomic E-state index is 12.0. The molecule has 0 aliphatic carbocycles. The maximum atomic E-state index is 12.0. The molecule has 7 heteroatoms. The fourth-order valence-electron chi connectivity index (χ4n) is 3.78. The van der Waals surface area contributed by atoms with Crippen LogP contribution in [0.4, 0.5) is 0 Å². The average Bonchev–Trinajstić information content (AvgIpc) is 2.75. The molecule has 0 aromatic carbocycles. The smallest absolute Gasteiger partial charge is 0.326 e. The van der Waals surface area contributed by atoms with E-state index in [9.17, 15) is 24.3 Å². The lowest BCUT2D eigenvalue weighted by Gasteiger charge is -2.14. The first kappa shape index (κ1) is 31.1. The Labute approximate surface area is 200 Å². The molecule has 192 valence electrons. The summed E-state index contributed by atoms with van der Waals surface area (Å²) in [4.78, 5) is 45.4. The zero-order valence-electron chi connectivity index (χ0n) is 20.9. The minimum Gasteiger partial charge on any atom is -0.481 e. The third-order valence-electron chi connectivity index (χ3n) is 6.00. The van der Waals surface area contributed by atoms with Gasteiger partial charge in [-0.1, -0.05) is 90.9 Å². The number of carbonyl (C=O) groups is 4. The summed E-state index contributed by atoms with van der Waals surface area (Å²) in [6, 6.07) is -0.989. The number of carboxylic acid groups (broad SMARTS) is 2. The number of amides is 1. The minimum atomic E-state index is -1.09. The van der Waals surface area contributed by atoms with E-state index < -0.39 is 18.0 Å². The molecule has 1 atom stereocenters. The molecule has 0 radical (unpaired) electrons. The molecular weight excluding hydrogens is 422 g/mol. The van der Waals surface area contributed by atoms with Gasteiger partial charge in [0.2, 0.25) is 5.91 Å². The molecule has 0 spiro atoms. The molecule has 0 aromatic rings. The molecule has 1 amide bonds. The standard InChI is InChI=1S/C26H47NO6/c1-21(2)23(28)20-19-22(26(32)33)27-24(29)17-15-13-11-9-7-5-3-4-6-8-10-12-14-16-18-25(30)31/h21-22H,3-20H2,1-2H3,(H,27,29)(H,30,31)(H,32,33)/t22-/m0/s1. The van der Waals surface area contributed by atoms with Gasteiger partial charge in [-0.2, -0.15) is 0 Å². The normalized spacial score (nSPS) is 12.0. The van der Waals surface area contributed by atoms with Gasteiger partial charge in [0.25, 0.3) is 0 Å². The van der Waals surface area contributed by atoms with Crippen LogP contribution in [0.15, 0.2) is 0 Å². The second kappa shape index (κ2) is 20.7. The fourth-order valence-corrected chi connectivity index (χ4v) is 3.78. The summed E-state index contributed by atoms with van der Waals surface area (Å²) in [5.41, 5.74) is 0. The van der Waals surface area contributed by atoms with Gasteiger partial charge in [0, 0.05) is 25.2 Å². The van der Waals surface area contributed by atoms with Crippen LogP contribution in [0, 0.1) is 5.92 Å². The van der Waals surface area contributed by atoms with Crippen LogP contribution in [0.2, 0.25) is 0 Å². The van der Waals surface area contributed by atoms with E-state index in [-0.39, 0.29) is 30.4 Å². The molecule has 7 nitrogen and oxygen atoms in total. The van der Waals surface area contributed by atoms with Gasteiger partial charge in [0.1, 0.15) is 11.8 Å². The Balaban J connectivity index is 3.54. The molecule has 0 aliphatic rings. The minimum absolute atomic E-state index is 0.0143. The van der Waals surface area contributed by atoms with E-state index in [2.05, 4.69) is 5.32 Å². The van der Waals surface area contributed by atoms with Crippen LogP contribution in [-0.4, -0.2) is 39.9 Å². The van der Waals surface area contributed by atoms with Crippen molar-refractivity contribution in [1.29, 1.82) is 0 Å². The third-order valence-corrected chi connectivity index (χ3v) is 6.00. The zero-order chi connectivity index (χ0) is 24.9. The van der Waals surface area contributed by atoms with Gasteiger partial charge in [-0.05, 0) is 19.3 Å². The molecule has 0 heterocycles. The molecule has 0 fully saturated rings. The van der Waals surface area contributed by atoms with Crippen LogP contribution >= 0.6 is 0 Å². The molecule has 0 saturated carbocycles. The van der Waals surface area contributed by atoms with Crippen molar-refractivity contribution in [3.8, 4) is 0 Å². The highest BCUT2D eigenvalue weighted by atomic mass is 16.4. The zero-order valence-corrected chi connectivity index (χ0v) is 20.9. The summed E-state index contributed by atoms with van der Waals surface area (Å²) in [5.74, 6) is -2.14. The Hall–Kier alpha value is -1.92. The number of hydrogen-bond acceptors (Lipinski definition) is 4. The molecule has 0 unspecified atom stereocenters. The molecule has 0 aromatic heterocycles. The number of hydrogen-bond donors (Lipinski definition) is 3. The molecule has 3 N–H and O–H groups in total. The van der Waals surface area contributed by atoms with Crippen LogP contribution in [0.5, 0.6) is 0 Å². The summed E-state index contributed by atoms with van der Waals surface area (Å²) in [7, 11) is 0. The van der Waals surface area contributed by atoms with Crippen molar-refractivity contribution in [2.75, 3.05) is 0 Å². The second-order valence-electron chi connectivity index (χ2n) is 9.46. The van der Waals surface area contributed by atoms with E-state index in [1.165, 1.54) is 51.4 Å². The first-order valence-corrected chi connectivity index (χ1v) is 13.0. The number of carboxylic acids is 2. The molecule has 0 rings (SSSR count). The van der Waals surface area contributed by atoms with Crippen LogP contribution < -0.4 is 5.32 Å². The van der Waals surface area contributed by atoms with Gasteiger partial charge in [0.05, 0.1) is 0 Å². The quantitative estimate of drug-likeness (QED) is 0.161. The number of Topliss-reactive ketones (excluding diaryl/α,β-unsaturated/α-hetero) is 1. The summed E-state index contributed by atoms with van der Waals surface area (Å²) >= 11 is 0. The van der Waals surface area contributed by atoms with E-state index in [4.69, 9.17) is 5.11 Å². The third kappa shape index (κ3) is 20.4. The van der Waals surface area contributed by atoms with Gasteiger partial charge >= 0.3 is 11.9 Å². The van der Waals surface area contributed by atoms with E-state index in [1.807, 2.05) is 0 Å². The topological polar surface area (TPSA) is 121 Å². The predicted octanol–water partition coefficient (Wildman–Crippen LogP) is 5.89. The molecular formula is C26H47NO6. The number of unbranched alkanes of at least 4 members (excludes halogenated alkanes) is 13. The van der Waals surface area contributed by atoms with Crippen molar-refractivity contribution in [1.82, 2.24) is 5.32 Å². The lowest BCUT2D eigenvalue weighted by atomic mass is 10.0. The van der Waals surface area contributed by atoms with Crippen LogP contribution in [0.25, 0.3) is 0 Å². The fraction of sp³-hybridized carbons (Fsp3) is 0.846. The monoisotopic (exact) mass is 469 g/mol. The van der Waals surface area contributed by atoms with Gasteiger partial charge in [-0.25, -0.2) is 4.79 Å². The number of nitrogens with one attached hydrogen (secondary N) is 1. The highest BCUT2D eigenvalue weighted by Gasteiger charge is 2.21. The summed E-state index contributed by atoms with van der Waals surface area (Å²) in [5, 5.41) is 20.4. The Morgan fingerprint density at radius 2 is 1.00 bits per heavy atom. The Morgan fingerprint density at radius 1 is 0.606 bits per heavy atom. The van der Waals surface area contributed by atoms with E-state index in [1.54, 1.807) is 13.8 Å². The average molecular weight is 470 g/mol. The van der Waals surface area contributed by atoms with Crippen LogP contribution in [-0.2, 0) is 19.2 Å². The van der Waals surface area contributed by atoms with Crippen molar-refractivity contribution < 1.29 is 29.4 Å². The maximum Gasteiger partial charge on any atom is 0.326 e. The van der Waals surface area contributed by atoms with Crippen molar-refractivity contribution in [2.45, 2.75) is 135 Å². The number of rotatable bonds is 23. The Kier molecular flexibility index (Phi) is 19.5. The van der Waals surface area contributed by atoms with Crippen LogP contribution in [0.1, 0.15) is 129 Å². The number of carbonyl (C=O) groups excluding carboxylic acids is 2. The van der Waals surface area contributed by atoms with E-state index in [0.29, 0.717) is 12.8 Å². The van der Waals surface area contributed by atoms with Gasteiger partial charge < -0.3 is 15.5 Å². The highest BCUT2D eigenvalue weighted by Crippen LogP contribution is 2.14. The van der Waals surface area contributed by atoms with Crippen LogP contribution in [0.3, 0.4) is 0 Å². The molecule has 0 saturated heterocycles. The summed E-state index contributed by atoms with van der Waals surface area (Å²) in [6.45, 7) is 3.57. The van der Waals surface area contributed by atoms with E-state index >= 15 is 0 Å². The number of aliphatic carboxylic acids is 2. The van der Waals surface area contributed by atoms with Crippen molar-refractivity contribution in [3.05, 3.63) is 0 Å². The van der Waals surface area contributed by atoms with Crippen molar-refractivity contribution in [2.24, 2.45) is 5.92 Å². The molecule has 0 bridgehead atoms. The van der Waals surface area contributed by atoms with Gasteiger partial charge in [-0.15, -0.1) is 0 Å². The van der Waals surface area contributed by atoms with Crippen molar-refractivity contribution in [3.63, 3.8) is 0 Å². The SMILES string of the molecule is CC(C)C(=O)CC[C@H](NC(=O)CCCCCCCCCCCCCCCCC(=O)O)C(=O)O. The molecule has 33 heavy (non-hydrogen) atoms. The van der Waals surface area contributed by atoms with Crippen molar-refractivity contribution >= 4 is 23.6 Å². The van der Waals surface area contributed by atoms with Gasteiger partial charge in [-0.3, -0.25) is 14.4 Å². The lowest BCUT2D eigenvalue weighted by molar-refractivity contribution is -0.142. The Bertz CT molecular complexity index is 561. The Morgan fingerprint density at radius 3 is 1.36 bits per heavy atom. The first-order valence-electron chi connectivity index (χ1n) is 13.0. The molecule has 0 aliphatic heterocycles. The van der Waals surface area contributed by atoms with E-state index in [0.717, 1.165) is 38.5 Å². The largest absolute Gasteiger partial charge is 0.481 e. The summed E-state index contributed by atoms with van der Waals surface area (Å²) in [6.07, 6.45) is 16.6. The first-order chi connectivity index (χ1) is 15.7. The second-order valence-corrected chi connectivity index (χ2v) is 9.46. The van der Waals surface area contributed by atoms with Gasteiger partial charge in [0.15, 0.2) is 0 Å². The predicted molar refractivity (Wildman–Crippen MR) is 130 cm³/mol. The number of ketones is 1. The summed E-state index contributed by atoms with van der Waals surface area (Å²) < 4.78 is 0. The lowest BCUT2D eigenvalue weighted by Crippen LogP contribution is -2.41. The highest BCUT2D eigenvalue weighted by molar-refractivity contribution is 5.85.